The maximum absolute atomic E-state index is 14.0. The second-order valence-corrected chi connectivity index (χ2v) is 10.3. The number of para-hydroxylation sites is 2. The van der Waals surface area contributed by atoms with Gasteiger partial charge in [-0.1, -0.05) is 47.6 Å². The van der Waals surface area contributed by atoms with Gasteiger partial charge in [0.25, 0.3) is 0 Å². The second-order valence-electron chi connectivity index (χ2n) is 8.43. The van der Waals surface area contributed by atoms with E-state index in [9.17, 15) is 12.8 Å². The van der Waals surface area contributed by atoms with Crippen molar-refractivity contribution in [1.29, 1.82) is 0 Å². The van der Waals surface area contributed by atoms with Crippen LogP contribution in [0.1, 0.15) is 17.5 Å². The van der Waals surface area contributed by atoms with Crippen LogP contribution < -0.4 is 4.74 Å². The Balaban J connectivity index is 1.46. The average Bonchev–Trinajstić information content (AvgIpc) is 3.37. The number of rotatable bonds is 8. The Morgan fingerprint density at radius 1 is 1.03 bits per heavy atom. The van der Waals surface area contributed by atoms with Gasteiger partial charge in [0.1, 0.15) is 22.6 Å². The van der Waals surface area contributed by atoms with E-state index in [0.717, 1.165) is 10.9 Å². The minimum Gasteiger partial charge on any atom is -0.496 e. The van der Waals surface area contributed by atoms with Crippen molar-refractivity contribution in [1.82, 2.24) is 9.29 Å². The highest BCUT2D eigenvalue weighted by Gasteiger charge is 2.33. The second kappa shape index (κ2) is 10.0. The predicted molar refractivity (Wildman–Crippen MR) is 135 cm³/mol. The van der Waals surface area contributed by atoms with Gasteiger partial charge >= 0.3 is 0 Å². The van der Waals surface area contributed by atoms with Crippen LogP contribution in [0.3, 0.4) is 0 Å². The number of hydrogen-bond acceptors (Lipinski definition) is 6. The van der Waals surface area contributed by atoms with Crippen molar-refractivity contribution in [3.63, 3.8) is 0 Å². The summed E-state index contributed by atoms with van der Waals surface area (Å²) in [5.41, 5.74) is 2.52. The largest absolute Gasteiger partial charge is 0.496 e. The lowest BCUT2D eigenvalue weighted by atomic mass is 10.0. The molecule has 7 nitrogen and oxygen atoms in total. The summed E-state index contributed by atoms with van der Waals surface area (Å²) in [7, 11) is -2.41. The lowest BCUT2D eigenvalue weighted by Gasteiger charge is -2.25. The van der Waals surface area contributed by atoms with E-state index in [2.05, 4.69) is 10.1 Å². The molecule has 0 radical (unpaired) electrons. The Kier molecular flexibility index (Phi) is 6.67. The molecule has 0 saturated carbocycles. The molecule has 36 heavy (non-hydrogen) atoms. The van der Waals surface area contributed by atoms with Gasteiger partial charge in [-0.2, -0.15) is 4.31 Å². The van der Waals surface area contributed by atoms with Crippen molar-refractivity contribution in [2.75, 3.05) is 13.7 Å². The van der Waals surface area contributed by atoms with Crippen LogP contribution >= 0.6 is 0 Å². The van der Waals surface area contributed by atoms with Crippen LogP contribution in [0.4, 0.5) is 4.39 Å². The van der Waals surface area contributed by atoms with Gasteiger partial charge in [-0.25, -0.2) is 12.8 Å². The third-order valence-corrected chi connectivity index (χ3v) is 7.89. The number of halogens is 1. The monoisotopic (exact) mass is 505 g/mol. The number of pyridine rings is 1. The van der Waals surface area contributed by atoms with Gasteiger partial charge in [-0.3, -0.25) is 4.98 Å². The Morgan fingerprint density at radius 3 is 2.61 bits per heavy atom. The topological polar surface area (TPSA) is 81.1 Å². The van der Waals surface area contributed by atoms with Crippen molar-refractivity contribution in [3.05, 3.63) is 102 Å². The zero-order chi connectivity index (χ0) is 25.1. The van der Waals surface area contributed by atoms with Crippen LogP contribution in [-0.2, 0) is 21.4 Å². The molecular weight excluding hydrogens is 481 g/mol. The molecular formula is C27H24FN3O4S. The number of methoxy groups -OCH3 is 1. The summed E-state index contributed by atoms with van der Waals surface area (Å²) in [6.07, 6.45) is 1.46. The molecule has 2 heterocycles. The Bertz CT molecular complexity index is 1520. The highest BCUT2D eigenvalue weighted by Crippen LogP contribution is 2.29. The van der Waals surface area contributed by atoms with Crippen LogP contribution in [0.25, 0.3) is 10.9 Å². The smallest absolute Gasteiger partial charge is 0.245 e. The number of nitrogens with zero attached hydrogens (tertiary/aromatic N) is 3. The molecule has 0 amide bonds. The van der Waals surface area contributed by atoms with Crippen LogP contribution in [-0.4, -0.2) is 43.2 Å². The third kappa shape index (κ3) is 4.80. The number of benzene rings is 3. The molecule has 4 aromatic rings. The van der Waals surface area contributed by atoms with Crippen LogP contribution in [0.15, 0.2) is 95.1 Å². The average molecular weight is 506 g/mol. The SMILES string of the molecule is COc1ccccc1C1=NO[C@H](CN(Cc2ccc(F)cc2)S(=O)(=O)c2cccc3cccnc23)C1. The molecule has 0 aliphatic carbocycles. The van der Waals surface area contributed by atoms with Crippen molar-refractivity contribution in [3.8, 4) is 5.75 Å². The molecule has 184 valence electrons. The third-order valence-electron chi connectivity index (χ3n) is 6.04. The normalized spacial score (nSPS) is 15.6. The quantitative estimate of drug-likeness (QED) is 0.345. The van der Waals surface area contributed by atoms with Crippen molar-refractivity contribution in [2.45, 2.75) is 24.0 Å². The van der Waals surface area contributed by atoms with Crippen LogP contribution in [0.5, 0.6) is 5.75 Å². The van der Waals surface area contributed by atoms with Gasteiger partial charge in [0, 0.05) is 30.1 Å². The highest BCUT2D eigenvalue weighted by atomic mass is 32.2. The fourth-order valence-electron chi connectivity index (χ4n) is 4.26. The molecule has 1 aromatic heterocycles. The minimum absolute atomic E-state index is 0.0374. The van der Waals surface area contributed by atoms with Crippen molar-refractivity contribution >= 4 is 26.6 Å². The van der Waals surface area contributed by atoms with E-state index in [-0.39, 0.29) is 23.8 Å². The van der Waals surface area contributed by atoms with E-state index in [1.54, 1.807) is 43.6 Å². The first kappa shape index (κ1) is 23.9. The first-order chi connectivity index (χ1) is 17.5. The first-order valence-electron chi connectivity index (χ1n) is 11.4. The van der Waals surface area contributed by atoms with Crippen LogP contribution in [0.2, 0.25) is 0 Å². The molecule has 9 heteroatoms. The lowest BCUT2D eigenvalue weighted by Crippen LogP contribution is -2.37. The molecule has 5 rings (SSSR count). The van der Waals surface area contributed by atoms with Crippen molar-refractivity contribution in [2.24, 2.45) is 5.16 Å². The summed E-state index contributed by atoms with van der Waals surface area (Å²) in [5.74, 6) is 0.276. The molecule has 0 saturated heterocycles. The van der Waals surface area contributed by atoms with Gasteiger partial charge < -0.3 is 9.57 Å². The van der Waals surface area contributed by atoms with Gasteiger partial charge in [0.15, 0.2) is 0 Å². The number of sulfonamides is 1. The summed E-state index contributed by atoms with van der Waals surface area (Å²) in [6, 6.07) is 21.9. The molecule has 0 N–H and O–H groups in total. The number of aromatic nitrogens is 1. The number of hydrogen-bond donors (Lipinski definition) is 0. The number of fused-ring (bicyclic) bond motifs is 1. The summed E-state index contributed by atoms with van der Waals surface area (Å²) >= 11 is 0. The first-order valence-corrected chi connectivity index (χ1v) is 12.8. The standard InChI is InChI=1S/C27H24FN3O4S/c1-34-25-9-3-2-8-23(25)24-16-22(35-30-24)18-31(17-19-11-13-21(28)14-12-19)36(32,33)26-10-4-6-20-7-5-15-29-27(20)26/h2-15,22H,16-18H2,1H3/t22-/m0/s1. The maximum atomic E-state index is 14.0. The molecule has 1 aliphatic heterocycles. The predicted octanol–water partition coefficient (Wildman–Crippen LogP) is 4.77. The van der Waals surface area contributed by atoms with Gasteiger partial charge in [0.05, 0.1) is 24.9 Å². The van der Waals surface area contributed by atoms with Gasteiger partial charge in [-0.05, 0) is 42.0 Å². The summed E-state index contributed by atoms with van der Waals surface area (Å²) in [5, 5.41) is 4.95. The summed E-state index contributed by atoms with van der Waals surface area (Å²) in [4.78, 5) is 10.1. The number of ether oxygens (including phenoxy) is 1. The molecule has 0 fully saturated rings. The van der Waals surface area contributed by atoms with E-state index < -0.39 is 16.1 Å². The van der Waals surface area contributed by atoms with Gasteiger partial charge in [0.2, 0.25) is 10.0 Å². The molecule has 0 unspecified atom stereocenters. The van der Waals surface area contributed by atoms with E-state index in [1.807, 2.05) is 36.4 Å². The maximum Gasteiger partial charge on any atom is 0.245 e. The Morgan fingerprint density at radius 2 is 1.81 bits per heavy atom. The van der Waals surface area contributed by atoms with E-state index >= 15 is 0 Å². The van der Waals surface area contributed by atoms with Crippen molar-refractivity contribution < 1.29 is 22.4 Å². The Labute approximate surface area is 208 Å². The minimum atomic E-state index is -4.00. The van der Waals surface area contributed by atoms with Gasteiger partial charge in [-0.15, -0.1) is 0 Å². The molecule has 3 aromatic carbocycles. The lowest BCUT2D eigenvalue weighted by molar-refractivity contribution is 0.0694. The highest BCUT2D eigenvalue weighted by molar-refractivity contribution is 7.89. The molecule has 0 spiro atoms. The fourth-order valence-corrected chi connectivity index (χ4v) is 5.89. The van der Waals surface area contributed by atoms with E-state index in [1.165, 1.54) is 16.4 Å². The Hall–Kier alpha value is -3.82. The zero-order valence-corrected chi connectivity index (χ0v) is 20.4. The molecule has 0 bridgehead atoms. The molecule has 1 atom stereocenters. The zero-order valence-electron chi connectivity index (χ0n) is 19.5. The fraction of sp³-hybridized carbons (Fsp3) is 0.185. The number of oxime groups is 1. The van der Waals surface area contributed by atoms with Crippen LogP contribution in [0, 0.1) is 5.82 Å². The van der Waals surface area contributed by atoms with E-state index in [4.69, 9.17) is 9.57 Å². The summed E-state index contributed by atoms with van der Waals surface area (Å²) in [6.45, 7) is 0.0841. The summed E-state index contributed by atoms with van der Waals surface area (Å²) < 4.78 is 48.2. The van der Waals surface area contributed by atoms with E-state index in [0.29, 0.717) is 29.0 Å². The molecule has 1 aliphatic rings.